The summed E-state index contributed by atoms with van der Waals surface area (Å²) in [5, 5.41) is 4.92. The predicted molar refractivity (Wildman–Crippen MR) is 71.2 cm³/mol. The van der Waals surface area contributed by atoms with E-state index in [1.165, 1.54) is 31.5 Å². The maximum atomic E-state index is 12.4. The van der Waals surface area contributed by atoms with E-state index in [0.29, 0.717) is 6.42 Å². The van der Waals surface area contributed by atoms with Crippen molar-refractivity contribution in [2.75, 3.05) is 12.1 Å². The summed E-state index contributed by atoms with van der Waals surface area (Å²) >= 11 is 0. The lowest BCUT2D eigenvalue weighted by Crippen LogP contribution is -2.36. The van der Waals surface area contributed by atoms with E-state index >= 15 is 0 Å². The molecule has 1 amide bonds. The Morgan fingerprint density at radius 3 is 2.76 bits per heavy atom. The first-order valence-electron chi connectivity index (χ1n) is 6.22. The molecule has 0 aliphatic carbocycles. The SMILES string of the molecule is CCC1C=NN(c2ccc(OC)c(OC(F)F)c2)C(=O)O1. The minimum atomic E-state index is -3.00. The summed E-state index contributed by atoms with van der Waals surface area (Å²) in [5.74, 6) is -0.0644. The standard InChI is InChI=1S/C13H14F2N2O4/c1-3-9-7-16-17(13(18)20-9)8-4-5-10(19-2)11(6-8)21-12(14)15/h4-7,9,12H,3H2,1-2H3. The molecule has 1 aromatic rings. The minimum absolute atomic E-state index is 0.125. The van der Waals surface area contributed by atoms with E-state index in [-0.39, 0.29) is 23.3 Å². The number of carbonyl (C=O) groups excluding carboxylic acids is 1. The van der Waals surface area contributed by atoms with E-state index in [9.17, 15) is 13.6 Å². The van der Waals surface area contributed by atoms with Gasteiger partial charge in [0.15, 0.2) is 11.5 Å². The van der Waals surface area contributed by atoms with Gasteiger partial charge in [0, 0.05) is 6.07 Å². The molecule has 6 nitrogen and oxygen atoms in total. The molecule has 1 atom stereocenters. The zero-order valence-electron chi connectivity index (χ0n) is 11.5. The molecule has 21 heavy (non-hydrogen) atoms. The average Bonchev–Trinajstić information content (AvgIpc) is 2.46. The van der Waals surface area contributed by atoms with Gasteiger partial charge in [0.05, 0.1) is 19.0 Å². The number of alkyl halides is 2. The molecule has 0 bridgehead atoms. The third-order valence-electron chi connectivity index (χ3n) is 2.78. The van der Waals surface area contributed by atoms with Gasteiger partial charge in [-0.1, -0.05) is 6.92 Å². The lowest BCUT2D eigenvalue weighted by Gasteiger charge is -2.24. The molecular weight excluding hydrogens is 286 g/mol. The average molecular weight is 300 g/mol. The lowest BCUT2D eigenvalue weighted by molar-refractivity contribution is -0.0511. The van der Waals surface area contributed by atoms with Crippen LogP contribution in [0.1, 0.15) is 13.3 Å². The number of cyclic esters (lactones) is 1. The number of halogens is 2. The molecule has 0 fully saturated rings. The van der Waals surface area contributed by atoms with E-state index in [1.54, 1.807) is 0 Å². The molecule has 8 heteroatoms. The predicted octanol–water partition coefficient (Wildman–Crippen LogP) is 3.02. The van der Waals surface area contributed by atoms with Crippen LogP contribution >= 0.6 is 0 Å². The fourth-order valence-electron chi connectivity index (χ4n) is 1.74. The number of ether oxygens (including phenoxy) is 3. The molecule has 114 valence electrons. The van der Waals surface area contributed by atoms with Crippen LogP contribution in [0.3, 0.4) is 0 Å². The van der Waals surface area contributed by atoms with Crippen LogP contribution < -0.4 is 14.5 Å². The minimum Gasteiger partial charge on any atom is -0.493 e. The zero-order valence-corrected chi connectivity index (χ0v) is 11.5. The van der Waals surface area contributed by atoms with Gasteiger partial charge in [-0.2, -0.15) is 18.9 Å². The Kier molecular flexibility index (Phi) is 4.56. The van der Waals surface area contributed by atoms with E-state index < -0.39 is 12.7 Å². The highest BCUT2D eigenvalue weighted by molar-refractivity contribution is 5.92. The number of benzene rings is 1. The Bertz CT molecular complexity index is 551. The Hall–Kier alpha value is -2.38. The van der Waals surface area contributed by atoms with Crippen LogP contribution in [0.4, 0.5) is 19.3 Å². The smallest absolute Gasteiger partial charge is 0.435 e. The molecule has 2 rings (SSSR count). The van der Waals surface area contributed by atoms with Gasteiger partial charge in [0.1, 0.15) is 6.10 Å². The summed E-state index contributed by atoms with van der Waals surface area (Å²) in [6.45, 7) is -1.16. The number of methoxy groups -OCH3 is 1. The van der Waals surface area contributed by atoms with Gasteiger partial charge in [0.25, 0.3) is 0 Å². The molecule has 0 aromatic heterocycles. The van der Waals surface area contributed by atoms with Crippen LogP contribution in [-0.4, -0.2) is 32.1 Å². The van der Waals surface area contributed by atoms with Crippen molar-refractivity contribution in [3.8, 4) is 11.5 Å². The van der Waals surface area contributed by atoms with Crippen molar-refractivity contribution >= 4 is 18.0 Å². The van der Waals surface area contributed by atoms with Gasteiger partial charge < -0.3 is 14.2 Å². The molecule has 0 N–H and O–H groups in total. The van der Waals surface area contributed by atoms with Crippen LogP contribution in [0, 0.1) is 0 Å². The second-order valence-electron chi connectivity index (χ2n) is 4.12. The van der Waals surface area contributed by atoms with Crippen molar-refractivity contribution in [1.29, 1.82) is 0 Å². The zero-order chi connectivity index (χ0) is 15.4. The number of amides is 1. The highest BCUT2D eigenvalue weighted by atomic mass is 19.3. The molecular formula is C13H14F2N2O4. The van der Waals surface area contributed by atoms with Gasteiger partial charge in [-0.15, -0.1) is 0 Å². The monoisotopic (exact) mass is 300 g/mol. The van der Waals surface area contributed by atoms with E-state index in [4.69, 9.17) is 9.47 Å². The summed E-state index contributed by atoms with van der Waals surface area (Å²) in [6.07, 6.45) is 1.01. The molecule has 0 radical (unpaired) electrons. The summed E-state index contributed by atoms with van der Waals surface area (Å²) in [5.41, 5.74) is 0.238. The van der Waals surface area contributed by atoms with Crippen molar-refractivity contribution in [3.63, 3.8) is 0 Å². The Morgan fingerprint density at radius 1 is 1.43 bits per heavy atom. The van der Waals surface area contributed by atoms with Crippen LogP contribution in [-0.2, 0) is 4.74 Å². The highest BCUT2D eigenvalue weighted by Crippen LogP contribution is 2.33. The molecule has 0 spiro atoms. The normalized spacial score (nSPS) is 17.9. The van der Waals surface area contributed by atoms with Crippen molar-refractivity contribution in [2.45, 2.75) is 26.1 Å². The maximum absolute atomic E-state index is 12.4. The Labute approximate surface area is 119 Å². The van der Waals surface area contributed by atoms with Crippen LogP contribution in [0.2, 0.25) is 0 Å². The quantitative estimate of drug-likeness (QED) is 0.838. The molecule has 0 saturated heterocycles. The van der Waals surface area contributed by atoms with Crippen molar-refractivity contribution in [3.05, 3.63) is 18.2 Å². The number of hydrazone groups is 1. The number of anilines is 1. The molecule has 1 aliphatic heterocycles. The number of hydrogen-bond donors (Lipinski definition) is 0. The van der Waals surface area contributed by atoms with Gasteiger partial charge in [0.2, 0.25) is 0 Å². The number of hydrogen-bond acceptors (Lipinski definition) is 5. The van der Waals surface area contributed by atoms with Crippen molar-refractivity contribution in [1.82, 2.24) is 0 Å². The topological polar surface area (TPSA) is 60.4 Å². The lowest BCUT2D eigenvalue weighted by atomic mass is 10.2. The molecule has 1 heterocycles. The summed E-state index contributed by atoms with van der Waals surface area (Å²) in [7, 11) is 1.33. The fourth-order valence-corrected chi connectivity index (χ4v) is 1.74. The molecule has 0 saturated carbocycles. The highest BCUT2D eigenvalue weighted by Gasteiger charge is 2.25. The van der Waals surface area contributed by atoms with Crippen LogP contribution in [0.5, 0.6) is 11.5 Å². The second kappa shape index (κ2) is 6.38. The van der Waals surface area contributed by atoms with Gasteiger partial charge >= 0.3 is 12.7 Å². The van der Waals surface area contributed by atoms with E-state index in [0.717, 1.165) is 5.01 Å². The summed E-state index contributed by atoms with van der Waals surface area (Å²) in [6, 6.07) is 4.12. The first kappa shape index (κ1) is 15.0. The number of rotatable bonds is 5. The maximum Gasteiger partial charge on any atom is 0.435 e. The third-order valence-corrected chi connectivity index (χ3v) is 2.78. The number of carbonyl (C=O) groups is 1. The van der Waals surface area contributed by atoms with Crippen molar-refractivity contribution in [2.24, 2.45) is 5.10 Å². The van der Waals surface area contributed by atoms with Crippen molar-refractivity contribution < 1.29 is 27.8 Å². The van der Waals surface area contributed by atoms with Crippen LogP contribution in [0.15, 0.2) is 23.3 Å². The van der Waals surface area contributed by atoms with Gasteiger partial charge in [-0.3, -0.25) is 0 Å². The van der Waals surface area contributed by atoms with Gasteiger partial charge in [-0.05, 0) is 18.6 Å². The Morgan fingerprint density at radius 2 is 2.19 bits per heavy atom. The summed E-state index contributed by atoms with van der Waals surface area (Å²) < 4.78 is 39.1. The van der Waals surface area contributed by atoms with Crippen LogP contribution in [0.25, 0.3) is 0 Å². The first-order valence-corrected chi connectivity index (χ1v) is 6.22. The Balaban J connectivity index is 2.30. The van der Waals surface area contributed by atoms with E-state index in [1.807, 2.05) is 6.92 Å². The summed E-state index contributed by atoms with van der Waals surface area (Å²) in [4.78, 5) is 11.8. The second-order valence-corrected chi connectivity index (χ2v) is 4.12. The number of nitrogens with zero attached hydrogens (tertiary/aromatic N) is 2. The van der Waals surface area contributed by atoms with E-state index in [2.05, 4.69) is 9.84 Å². The molecule has 1 unspecified atom stereocenters. The largest absolute Gasteiger partial charge is 0.493 e. The molecule has 1 aromatic carbocycles. The third kappa shape index (κ3) is 3.39. The van der Waals surface area contributed by atoms with Gasteiger partial charge in [-0.25, -0.2) is 4.79 Å². The fraction of sp³-hybridized carbons (Fsp3) is 0.385. The first-order chi connectivity index (χ1) is 10.0. The molecule has 1 aliphatic rings.